The summed E-state index contributed by atoms with van der Waals surface area (Å²) in [7, 11) is 1.98. The fourth-order valence-corrected chi connectivity index (χ4v) is 1.76. The molecule has 0 saturated carbocycles. The van der Waals surface area contributed by atoms with E-state index < -0.39 is 0 Å². The fraction of sp³-hybridized carbons (Fsp3) is 0.615. The maximum Gasteiger partial charge on any atom is 0.137 e. The molecule has 16 heavy (non-hydrogen) atoms. The highest BCUT2D eigenvalue weighted by molar-refractivity contribution is 5.26. The second-order valence-corrected chi connectivity index (χ2v) is 4.21. The molecule has 1 N–H and O–H groups in total. The molecule has 2 unspecified atom stereocenters. The van der Waals surface area contributed by atoms with Crippen molar-refractivity contribution in [3.8, 4) is 5.75 Å². The van der Waals surface area contributed by atoms with E-state index in [1.165, 1.54) is 5.56 Å². The molecule has 1 rings (SSSR count). The molecule has 0 fully saturated rings. The molecule has 0 spiro atoms. The number of nitrogens with one attached hydrogen (secondary N) is 1. The van der Waals surface area contributed by atoms with Crippen LogP contribution in [0.15, 0.2) is 18.5 Å². The Balaban J connectivity index is 2.74. The first-order chi connectivity index (χ1) is 7.69. The van der Waals surface area contributed by atoms with E-state index in [1.54, 1.807) is 6.20 Å². The van der Waals surface area contributed by atoms with Gasteiger partial charge in [0, 0.05) is 6.20 Å². The average molecular weight is 222 g/mol. The summed E-state index contributed by atoms with van der Waals surface area (Å²) in [4.78, 5) is 4.22. The zero-order chi connectivity index (χ0) is 12.0. The predicted octanol–water partition coefficient (Wildman–Crippen LogP) is 2.44. The first kappa shape index (κ1) is 13.0. The maximum atomic E-state index is 5.46. The van der Waals surface area contributed by atoms with Gasteiger partial charge in [-0.25, -0.2) is 0 Å². The number of nitrogens with zero attached hydrogens (tertiary/aromatic N) is 1. The van der Waals surface area contributed by atoms with Gasteiger partial charge in [0.1, 0.15) is 5.75 Å². The van der Waals surface area contributed by atoms with Crippen molar-refractivity contribution in [2.75, 3.05) is 20.2 Å². The van der Waals surface area contributed by atoms with Crippen molar-refractivity contribution in [2.45, 2.75) is 26.7 Å². The molecular formula is C13H22N2O. The number of hydrogen-bond donors (Lipinski definition) is 1. The summed E-state index contributed by atoms with van der Waals surface area (Å²) in [5.41, 5.74) is 1.24. The minimum Gasteiger partial charge on any atom is -0.492 e. The summed E-state index contributed by atoms with van der Waals surface area (Å²) in [6.45, 7) is 8.16. The molecule has 0 radical (unpaired) electrons. The maximum absolute atomic E-state index is 5.46. The number of aromatic nitrogens is 1. The largest absolute Gasteiger partial charge is 0.492 e. The zero-order valence-electron chi connectivity index (χ0n) is 10.7. The number of ether oxygens (including phenoxy) is 1. The van der Waals surface area contributed by atoms with Crippen LogP contribution in [-0.2, 0) is 0 Å². The highest BCUT2D eigenvalue weighted by atomic mass is 16.5. The van der Waals surface area contributed by atoms with Crippen molar-refractivity contribution in [3.63, 3.8) is 0 Å². The van der Waals surface area contributed by atoms with Gasteiger partial charge in [-0.1, -0.05) is 13.8 Å². The van der Waals surface area contributed by atoms with Gasteiger partial charge in [-0.2, -0.15) is 0 Å². The Labute approximate surface area is 98.2 Å². The second kappa shape index (κ2) is 6.48. The van der Waals surface area contributed by atoms with Crippen LogP contribution in [0.2, 0.25) is 0 Å². The van der Waals surface area contributed by atoms with Crippen molar-refractivity contribution in [3.05, 3.63) is 24.0 Å². The molecule has 3 nitrogen and oxygen atoms in total. The first-order valence-corrected chi connectivity index (χ1v) is 5.91. The molecular weight excluding hydrogens is 200 g/mol. The molecule has 0 aromatic carbocycles. The summed E-state index contributed by atoms with van der Waals surface area (Å²) in [6.07, 6.45) is 3.70. The van der Waals surface area contributed by atoms with Crippen LogP contribution < -0.4 is 10.1 Å². The van der Waals surface area contributed by atoms with E-state index in [-0.39, 0.29) is 0 Å². The number of hydrogen-bond acceptors (Lipinski definition) is 3. The van der Waals surface area contributed by atoms with E-state index in [0.717, 1.165) is 12.3 Å². The van der Waals surface area contributed by atoms with Gasteiger partial charge in [0.25, 0.3) is 0 Å². The van der Waals surface area contributed by atoms with E-state index in [2.05, 4.69) is 30.2 Å². The van der Waals surface area contributed by atoms with E-state index in [4.69, 9.17) is 4.74 Å². The Morgan fingerprint density at radius 1 is 1.38 bits per heavy atom. The molecule has 3 heteroatoms. The lowest BCUT2D eigenvalue weighted by atomic mass is 9.90. The van der Waals surface area contributed by atoms with Crippen LogP contribution in [0.5, 0.6) is 5.75 Å². The summed E-state index contributed by atoms with van der Waals surface area (Å²) >= 11 is 0. The first-order valence-electron chi connectivity index (χ1n) is 5.91. The number of pyridine rings is 1. The third-order valence-corrected chi connectivity index (χ3v) is 2.95. The van der Waals surface area contributed by atoms with Crippen LogP contribution >= 0.6 is 0 Å². The minimum absolute atomic E-state index is 0.486. The third kappa shape index (κ3) is 3.49. The molecule has 0 aliphatic heterocycles. The topological polar surface area (TPSA) is 34.1 Å². The molecule has 1 aromatic heterocycles. The lowest BCUT2D eigenvalue weighted by molar-refractivity contribution is 0.337. The lowest BCUT2D eigenvalue weighted by Crippen LogP contribution is -2.20. The SMILES string of the molecule is CCOc1cncc(C(C)C(C)CNC)c1. The van der Waals surface area contributed by atoms with Crippen LogP contribution in [0, 0.1) is 5.92 Å². The molecule has 0 aliphatic rings. The molecule has 0 bridgehead atoms. The lowest BCUT2D eigenvalue weighted by Gasteiger charge is -2.20. The van der Waals surface area contributed by atoms with Gasteiger partial charge in [0.2, 0.25) is 0 Å². The van der Waals surface area contributed by atoms with Crippen LogP contribution in [0.4, 0.5) is 0 Å². The third-order valence-electron chi connectivity index (χ3n) is 2.95. The van der Waals surface area contributed by atoms with Gasteiger partial charge in [0.15, 0.2) is 0 Å². The zero-order valence-corrected chi connectivity index (χ0v) is 10.7. The van der Waals surface area contributed by atoms with Crippen LogP contribution in [0.1, 0.15) is 32.3 Å². The molecule has 1 aromatic rings. The summed E-state index contributed by atoms with van der Waals surface area (Å²) in [5, 5.41) is 3.21. The summed E-state index contributed by atoms with van der Waals surface area (Å²) < 4.78 is 5.46. The summed E-state index contributed by atoms with van der Waals surface area (Å²) in [5.74, 6) is 1.94. The predicted molar refractivity (Wildman–Crippen MR) is 66.9 cm³/mol. The molecule has 2 atom stereocenters. The smallest absolute Gasteiger partial charge is 0.137 e. The molecule has 0 saturated heterocycles. The average Bonchev–Trinajstić information content (AvgIpc) is 2.29. The summed E-state index contributed by atoms with van der Waals surface area (Å²) in [6, 6.07) is 2.09. The Kier molecular flexibility index (Phi) is 5.26. The standard InChI is InChI=1S/C13H22N2O/c1-5-16-13-6-12(8-15-9-13)11(3)10(2)7-14-4/h6,8-11,14H,5,7H2,1-4H3. The Bertz CT molecular complexity index is 315. The van der Waals surface area contributed by atoms with E-state index in [1.807, 2.05) is 20.2 Å². The van der Waals surface area contributed by atoms with Crippen molar-refractivity contribution >= 4 is 0 Å². The van der Waals surface area contributed by atoms with Gasteiger partial charge in [-0.15, -0.1) is 0 Å². The molecule has 0 amide bonds. The van der Waals surface area contributed by atoms with Crippen LogP contribution in [-0.4, -0.2) is 25.2 Å². The van der Waals surface area contributed by atoms with Crippen molar-refractivity contribution in [1.29, 1.82) is 0 Å². The Hall–Kier alpha value is -1.09. The normalized spacial score (nSPS) is 14.5. The van der Waals surface area contributed by atoms with E-state index in [9.17, 15) is 0 Å². The second-order valence-electron chi connectivity index (χ2n) is 4.21. The molecule has 90 valence electrons. The van der Waals surface area contributed by atoms with Crippen molar-refractivity contribution < 1.29 is 4.74 Å². The minimum atomic E-state index is 0.486. The van der Waals surface area contributed by atoms with Gasteiger partial charge in [-0.3, -0.25) is 4.98 Å². The van der Waals surface area contributed by atoms with Crippen molar-refractivity contribution in [2.24, 2.45) is 5.92 Å². The van der Waals surface area contributed by atoms with Gasteiger partial charge >= 0.3 is 0 Å². The van der Waals surface area contributed by atoms with Crippen molar-refractivity contribution in [1.82, 2.24) is 10.3 Å². The van der Waals surface area contributed by atoms with Gasteiger partial charge in [0.05, 0.1) is 12.8 Å². The van der Waals surface area contributed by atoms with Gasteiger partial charge in [-0.05, 0) is 44.0 Å². The highest BCUT2D eigenvalue weighted by Gasteiger charge is 2.14. The monoisotopic (exact) mass is 222 g/mol. The van der Waals surface area contributed by atoms with Crippen LogP contribution in [0.25, 0.3) is 0 Å². The quantitative estimate of drug-likeness (QED) is 0.802. The fourth-order valence-electron chi connectivity index (χ4n) is 1.76. The highest BCUT2D eigenvalue weighted by Crippen LogP contribution is 2.25. The van der Waals surface area contributed by atoms with Gasteiger partial charge < -0.3 is 10.1 Å². The molecule has 1 heterocycles. The molecule has 0 aliphatic carbocycles. The Morgan fingerprint density at radius 2 is 2.12 bits per heavy atom. The van der Waals surface area contributed by atoms with E-state index in [0.29, 0.717) is 18.4 Å². The van der Waals surface area contributed by atoms with E-state index >= 15 is 0 Å². The Morgan fingerprint density at radius 3 is 2.75 bits per heavy atom. The number of rotatable bonds is 6. The van der Waals surface area contributed by atoms with Crippen LogP contribution in [0.3, 0.4) is 0 Å².